The van der Waals surface area contributed by atoms with Gasteiger partial charge in [-0.25, -0.2) is 5.01 Å². The summed E-state index contributed by atoms with van der Waals surface area (Å²) in [6, 6.07) is 19.1. The van der Waals surface area contributed by atoms with Crippen LogP contribution in [0.4, 0.5) is 5.69 Å². The van der Waals surface area contributed by atoms with Crippen molar-refractivity contribution >= 4 is 46.6 Å². The van der Waals surface area contributed by atoms with Gasteiger partial charge < -0.3 is 5.32 Å². The monoisotopic (exact) mass is 495 g/mol. The predicted molar refractivity (Wildman–Crippen MR) is 134 cm³/mol. The minimum absolute atomic E-state index is 0.00849. The number of carbonyl (C=O) groups excluding carboxylic acids is 3. The highest BCUT2D eigenvalue weighted by molar-refractivity contribution is 6.35. The number of hydrogen-bond donors (Lipinski definition) is 2. The Morgan fingerprint density at radius 1 is 1.00 bits per heavy atom. The molecule has 2 atom stereocenters. The second-order valence-corrected chi connectivity index (χ2v) is 9.02. The van der Waals surface area contributed by atoms with E-state index in [1.807, 2.05) is 49.4 Å². The number of anilines is 1. The molecule has 0 saturated carbocycles. The zero-order valence-electron chi connectivity index (χ0n) is 18.6. The fourth-order valence-corrected chi connectivity index (χ4v) is 4.46. The molecule has 0 aliphatic carbocycles. The summed E-state index contributed by atoms with van der Waals surface area (Å²) in [5.74, 6) is -1.63. The van der Waals surface area contributed by atoms with Crippen LogP contribution in [0.15, 0.2) is 66.7 Å². The lowest BCUT2D eigenvalue weighted by Gasteiger charge is -2.27. The molecule has 0 aromatic heterocycles. The van der Waals surface area contributed by atoms with E-state index in [-0.39, 0.29) is 18.2 Å². The molecule has 6 nitrogen and oxygen atoms in total. The lowest BCUT2D eigenvalue weighted by atomic mass is 9.92. The van der Waals surface area contributed by atoms with Crippen LogP contribution in [-0.2, 0) is 20.8 Å². The Balaban J connectivity index is 1.52. The summed E-state index contributed by atoms with van der Waals surface area (Å²) in [4.78, 5) is 38.9. The predicted octanol–water partition coefficient (Wildman–Crippen LogP) is 4.89. The number of nitrogens with zero attached hydrogens (tertiary/aromatic N) is 1. The molecule has 4 rings (SSSR count). The highest BCUT2D eigenvalue weighted by atomic mass is 35.5. The molecule has 0 spiro atoms. The van der Waals surface area contributed by atoms with Gasteiger partial charge in [0, 0.05) is 15.6 Å². The number of para-hydroxylation sites is 1. The van der Waals surface area contributed by atoms with Crippen LogP contribution in [-0.4, -0.2) is 23.8 Å². The second kappa shape index (κ2) is 9.87. The van der Waals surface area contributed by atoms with Crippen LogP contribution in [0.2, 0.25) is 10.0 Å². The van der Waals surface area contributed by atoms with Gasteiger partial charge in [-0.1, -0.05) is 71.7 Å². The zero-order valence-corrected chi connectivity index (χ0v) is 20.2. The molecule has 34 heavy (non-hydrogen) atoms. The number of nitrogens with one attached hydrogen (secondary N) is 2. The largest absolute Gasteiger partial charge is 0.344 e. The van der Waals surface area contributed by atoms with Crippen molar-refractivity contribution < 1.29 is 14.4 Å². The lowest BCUT2D eigenvalue weighted by Crippen LogP contribution is -2.54. The molecule has 1 heterocycles. The first-order valence-electron chi connectivity index (χ1n) is 10.8. The van der Waals surface area contributed by atoms with E-state index >= 15 is 0 Å². The van der Waals surface area contributed by atoms with E-state index in [4.69, 9.17) is 23.2 Å². The molecule has 3 amide bonds. The third kappa shape index (κ3) is 4.79. The minimum atomic E-state index is -0.889. The minimum Gasteiger partial charge on any atom is -0.344 e. The van der Waals surface area contributed by atoms with Crippen LogP contribution in [0.3, 0.4) is 0 Å². The van der Waals surface area contributed by atoms with Gasteiger partial charge in [0.25, 0.3) is 11.8 Å². The van der Waals surface area contributed by atoms with Crippen LogP contribution in [0.5, 0.6) is 0 Å². The van der Waals surface area contributed by atoms with Crippen molar-refractivity contribution in [2.75, 3.05) is 5.01 Å². The Hall–Kier alpha value is -3.35. The van der Waals surface area contributed by atoms with Crippen molar-refractivity contribution in [3.8, 4) is 11.1 Å². The molecule has 0 saturated heterocycles. The Kier molecular flexibility index (Phi) is 6.91. The highest BCUT2D eigenvalue weighted by Gasteiger charge is 2.33. The topological polar surface area (TPSA) is 78.5 Å². The summed E-state index contributed by atoms with van der Waals surface area (Å²) in [6.07, 6.45) is -0.00849. The molecular formula is C26H23Cl2N3O3. The van der Waals surface area contributed by atoms with Gasteiger partial charge in [-0.3, -0.25) is 19.8 Å². The molecule has 0 fully saturated rings. The Morgan fingerprint density at radius 3 is 2.41 bits per heavy atom. The van der Waals surface area contributed by atoms with Gasteiger partial charge in [0.1, 0.15) is 6.04 Å². The number of amides is 3. The zero-order chi connectivity index (χ0) is 24.4. The van der Waals surface area contributed by atoms with E-state index in [2.05, 4.69) is 10.7 Å². The standard InChI is InChI=1S/C26H23Cl2N3O3/c1-15-19-7-3-4-8-20(19)21-9-5-6-10-23(21)31(26(15)34)30-25(33)16(2)29-24(32)13-17-11-12-18(27)14-22(17)28/h3-12,14-16H,13H2,1-2H3,(H,29,32)(H,30,33)/t15?,16-/m0/s1. The first kappa shape index (κ1) is 23.8. The van der Waals surface area contributed by atoms with Gasteiger partial charge in [0.2, 0.25) is 5.91 Å². The molecule has 2 N–H and O–H groups in total. The highest BCUT2D eigenvalue weighted by Crippen LogP contribution is 2.39. The number of carbonyl (C=O) groups is 3. The Bertz CT molecular complexity index is 1280. The summed E-state index contributed by atoms with van der Waals surface area (Å²) in [5, 5.41) is 4.79. The smallest absolute Gasteiger partial charge is 0.261 e. The van der Waals surface area contributed by atoms with Crippen LogP contribution in [0.1, 0.15) is 30.9 Å². The first-order chi connectivity index (χ1) is 16.3. The third-order valence-electron chi connectivity index (χ3n) is 5.81. The maximum atomic E-state index is 13.4. The lowest BCUT2D eigenvalue weighted by molar-refractivity contribution is -0.130. The molecular weight excluding hydrogens is 473 g/mol. The molecule has 174 valence electrons. The number of halogens is 2. The fraction of sp³-hybridized carbons (Fsp3) is 0.192. The molecule has 8 heteroatoms. The van der Waals surface area contributed by atoms with E-state index < -0.39 is 17.9 Å². The van der Waals surface area contributed by atoms with Crippen LogP contribution in [0, 0.1) is 0 Å². The van der Waals surface area contributed by atoms with E-state index in [1.165, 1.54) is 5.01 Å². The molecule has 1 aliphatic heterocycles. The van der Waals surface area contributed by atoms with Crippen molar-refractivity contribution in [3.63, 3.8) is 0 Å². The SMILES string of the molecule is CC1C(=O)N(NC(=O)[C@H](C)NC(=O)Cc2ccc(Cl)cc2Cl)c2ccccc2-c2ccccc21. The summed E-state index contributed by atoms with van der Waals surface area (Å²) < 4.78 is 0. The summed E-state index contributed by atoms with van der Waals surface area (Å²) in [6.45, 7) is 3.37. The maximum absolute atomic E-state index is 13.4. The molecule has 1 unspecified atom stereocenters. The molecule has 3 aromatic rings. The number of hydrazine groups is 1. The Morgan fingerprint density at radius 2 is 1.68 bits per heavy atom. The van der Waals surface area contributed by atoms with Gasteiger partial charge >= 0.3 is 0 Å². The van der Waals surface area contributed by atoms with Crippen molar-refractivity contribution in [2.24, 2.45) is 0 Å². The van der Waals surface area contributed by atoms with Crippen molar-refractivity contribution in [2.45, 2.75) is 32.2 Å². The van der Waals surface area contributed by atoms with Crippen LogP contribution < -0.4 is 15.8 Å². The normalized spacial score (nSPS) is 15.6. The number of benzene rings is 3. The molecule has 1 aliphatic rings. The molecule has 0 bridgehead atoms. The molecule has 0 radical (unpaired) electrons. The van der Waals surface area contributed by atoms with E-state index in [0.717, 1.165) is 16.7 Å². The van der Waals surface area contributed by atoms with Crippen LogP contribution in [0.25, 0.3) is 11.1 Å². The first-order valence-corrected chi connectivity index (χ1v) is 11.6. The molecule has 3 aromatic carbocycles. The number of rotatable bonds is 5. The summed E-state index contributed by atoms with van der Waals surface area (Å²) in [7, 11) is 0. The van der Waals surface area contributed by atoms with E-state index in [0.29, 0.717) is 21.3 Å². The van der Waals surface area contributed by atoms with Gasteiger partial charge in [-0.2, -0.15) is 0 Å². The Labute approximate surface area is 207 Å². The van der Waals surface area contributed by atoms with Crippen molar-refractivity contribution in [3.05, 3.63) is 87.9 Å². The van der Waals surface area contributed by atoms with Crippen LogP contribution >= 0.6 is 23.2 Å². The van der Waals surface area contributed by atoms with Crippen molar-refractivity contribution in [1.29, 1.82) is 0 Å². The third-order valence-corrected chi connectivity index (χ3v) is 6.40. The van der Waals surface area contributed by atoms with E-state index in [1.54, 1.807) is 31.2 Å². The average molecular weight is 496 g/mol. The maximum Gasteiger partial charge on any atom is 0.261 e. The quantitative estimate of drug-likeness (QED) is 0.528. The van der Waals surface area contributed by atoms with E-state index in [9.17, 15) is 14.4 Å². The van der Waals surface area contributed by atoms with Gasteiger partial charge in [-0.05, 0) is 48.7 Å². The van der Waals surface area contributed by atoms with Gasteiger partial charge in [-0.15, -0.1) is 0 Å². The van der Waals surface area contributed by atoms with Crippen molar-refractivity contribution in [1.82, 2.24) is 10.7 Å². The van der Waals surface area contributed by atoms with Gasteiger partial charge in [0.05, 0.1) is 18.0 Å². The number of hydrogen-bond acceptors (Lipinski definition) is 3. The van der Waals surface area contributed by atoms with Gasteiger partial charge in [0.15, 0.2) is 0 Å². The second-order valence-electron chi connectivity index (χ2n) is 8.18. The summed E-state index contributed by atoms with van der Waals surface area (Å²) in [5.41, 5.74) is 6.54. The average Bonchev–Trinajstić information content (AvgIpc) is 2.90. The number of fused-ring (bicyclic) bond motifs is 3. The fourth-order valence-electron chi connectivity index (χ4n) is 3.98. The summed E-state index contributed by atoms with van der Waals surface area (Å²) >= 11 is 12.0.